The van der Waals surface area contributed by atoms with Crippen LogP contribution in [0.4, 0.5) is 0 Å². The molecule has 0 aliphatic heterocycles. The van der Waals surface area contributed by atoms with Crippen molar-refractivity contribution in [3.8, 4) is 18.2 Å². The van der Waals surface area contributed by atoms with Gasteiger partial charge in [0.05, 0.1) is 37.5 Å². The van der Waals surface area contributed by atoms with Crippen LogP contribution >= 0.6 is 0 Å². The first kappa shape index (κ1) is 10.6. The van der Waals surface area contributed by atoms with Crippen molar-refractivity contribution in [1.29, 1.82) is 15.8 Å². The van der Waals surface area contributed by atoms with Gasteiger partial charge in [0.2, 0.25) is 0 Å². The van der Waals surface area contributed by atoms with Gasteiger partial charge in [-0.15, -0.1) is 0 Å². The highest BCUT2D eigenvalue weighted by Crippen LogP contribution is 1.98. The van der Waals surface area contributed by atoms with Gasteiger partial charge >= 0.3 is 0 Å². The fourth-order valence-electron chi connectivity index (χ4n) is 0.971. The topological polar surface area (TPSA) is 110 Å². The third-order valence-corrected chi connectivity index (χ3v) is 1.49. The Balaban J connectivity index is 3.05. The standard InChI is InChI=1S/C9H6N6/c10-4-1-7-13-8(2-5-11)15-9(14-7)3-6-12/h1-3H2. The molecule has 0 aliphatic rings. The summed E-state index contributed by atoms with van der Waals surface area (Å²) >= 11 is 0. The van der Waals surface area contributed by atoms with Gasteiger partial charge < -0.3 is 0 Å². The zero-order valence-corrected chi connectivity index (χ0v) is 7.80. The van der Waals surface area contributed by atoms with Crippen LogP contribution in [-0.2, 0) is 19.3 Å². The molecule has 15 heavy (non-hydrogen) atoms. The highest BCUT2D eigenvalue weighted by atomic mass is 15.0. The molecule has 0 radical (unpaired) electrons. The molecule has 1 aromatic heterocycles. The Morgan fingerprint density at radius 2 is 0.933 bits per heavy atom. The van der Waals surface area contributed by atoms with E-state index in [1.54, 1.807) is 0 Å². The molecule has 1 rings (SSSR count). The summed E-state index contributed by atoms with van der Waals surface area (Å²) in [6.45, 7) is 0. The number of hydrogen-bond acceptors (Lipinski definition) is 6. The summed E-state index contributed by atoms with van der Waals surface area (Å²) < 4.78 is 0. The van der Waals surface area contributed by atoms with Crippen molar-refractivity contribution in [3.05, 3.63) is 17.5 Å². The normalized spacial score (nSPS) is 8.60. The molecule has 1 heterocycles. The van der Waals surface area contributed by atoms with E-state index in [0.29, 0.717) is 17.5 Å². The lowest BCUT2D eigenvalue weighted by molar-refractivity contribution is 0.818. The van der Waals surface area contributed by atoms with Gasteiger partial charge in [0.1, 0.15) is 17.5 Å². The van der Waals surface area contributed by atoms with E-state index in [4.69, 9.17) is 15.8 Å². The highest BCUT2D eigenvalue weighted by molar-refractivity contribution is 5.07. The molecule has 6 heteroatoms. The third kappa shape index (κ3) is 3.02. The summed E-state index contributed by atoms with van der Waals surface area (Å²) in [5.41, 5.74) is 0. The van der Waals surface area contributed by atoms with E-state index in [1.807, 2.05) is 18.2 Å². The molecule has 0 bridgehead atoms. The Morgan fingerprint density at radius 3 is 1.13 bits per heavy atom. The predicted molar refractivity (Wildman–Crippen MR) is 47.8 cm³/mol. The van der Waals surface area contributed by atoms with Crippen LogP contribution in [0.3, 0.4) is 0 Å². The van der Waals surface area contributed by atoms with Crippen molar-refractivity contribution >= 4 is 0 Å². The molecule has 0 unspecified atom stereocenters. The summed E-state index contributed by atoms with van der Waals surface area (Å²) in [6, 6.07) is 5.71. The maximum atomic E-state index is 8.48. The number of nitriles is 3. The van der Waals surface area contributed by atoms with Crippen LogP contribution in [0.5, 0.6) is 0 Å². The Kier molecular flexibility index (Phi) is 3.70. The van der Waals surface area contributed by atoms with Crippen molar-refractivity contribution in [3.63, 3.8) is 0 Å². The lowest BCUT2D eigenvalue weighted by atomic mass is 10.3. The van der Waals surface area contributed by atoms with Gasteiger partial charge in [0, 0.05) is 0 Å². The van der Waals surface area contributed by atoms with Gasteiger partial charge in [0.15, 0.2) is 0 Å². The molecule has 1 aromatic rings. The second-order valence-corrected chi connectivity index (χ2v) is 2.59. The molecule has 0 aliphatic carbocycles. The van der Waals surface area contributed by atoms with E-state index in [9.17, 15) is 0 Å². The van der Waals surface area contributed by atoms with Crippen LogP contribution in [0.1, 0.15) is 17.5 Å². The SMILES string of the molecule is N#CCc1nc(CC#N)nc(CC#N)n1. The van der Waals surface area contributed by atoms with E-state index in [2.05, 4.69) is 15.0 Å². The molecule has 0 atom stereocenters. The number of rotatable bonds is 3. The lowest BCUT2D eigenvalue weighted by Gasteiger charge is -1.99. The summed E-state index contributed by atoms with van der Waals surface area (Å²) in [7, 11) is 0. The number of aromatic nitrogens is 3. The third-order valence-electron chi connectivity index (χ3n) is 1.49. The number of nitrogens with zero attached hydrogens (tertiary/aromatic N) is 6. The zero-order valence-electron chi connectivity index (χ0n) is 7.80. The molecule has 0 aromatic carbocycles. The number of hydrogen-bond donors (Lipinski definition) is 0. The average Bonchev–Trinajstić information content (AvgIpc) is 2.19. The molecule has 0 fully saturated rings. The maximum absolute atomic E-state index is 8.48. The molecule has 0 spiro atoms. The Morgan fingerprint density at radius 1 is 0.667 bits per heavy atom. The van der Waals surface area contributed by atoms with Crippen molar-refractivity contribution < 1.29 is 0 Å². The predicted octanol–water partition coefficient (Wildman–Crippen LogP) is 0.0698. The van der Waals surface area contributed by atoms with Gasteiger partial charge in [-0.1, -0.05) is 0 Å². The first-order valence-electron chi connectivity index (χ1n) is 4.13. The monoisotopic (exact) mass is 198 g/mol. The average molecular weight is 198 g/mol. The second kappa shape index (κ2) is 5.26. The molecule has 0 saturated heterocycles. The molecule has 72 valence electrons. The van der Waals surface area contributed by atoms with Crippen LogP contribution in [-0.4, -0.2) is 15.0 Å². The first-order chi connectivity index (χ1) is 7.30. The van der Waals surface area contributed by atoms with Crippen LogP contribution in [0.2, 0.25) is 0 Å². The lowest BCUT2D eigenvalue weighted by Crippen LogP contribution is -2.06. The van der Waals surface area contributed by atoms with Crippen molar-refractivity contribution in [1.82, 2.24) is 15.0 Å². The molecule has 0 amide bonds. The van der Waals surface area contributed by atoms with E-state index >= 15 is 0 Å². The first-order valence-corrected chi connectivity index (χ1v) is 4.13. The van der Waals surface area contributed by atoms with Crippen molar-refractivity contribution in [2.24, 2.45) is 0 Å². The quantitative estimate of drug-likeness (QED) is 0.679. The zero-order chi connectivity index (χ0) is 11.1. The summed E-state index contributed by atoms with van der Waals surface area (Å²) in [5.74, 6) is 0.925. The van der Waals surface area contributed by atoms with E-state index in [1.165, 1.54) is 0 Å². The minimum atomic E-state index is 0.0549. The van der Waals surface area contributed by atoms with Crippen LogP contribution < -0.4 is 0 Å². The van der Waals surface area contributed by atoms with Crippen molar-refractivity contribution in [2.45, 2.75) is 19.3 Å². The smallest absolute Gasteiger partial charge is 0.146 e. The molecular weight excluding hydrogens is 192 g/mol. The fourth-order valence-corrected chi connectivity index (χ4v) is 0.971. The Bertz CT molecular complexity index is 389. The summed E-state index contributed by atoms with van der Waals surface area (Å²) in [5, 5.41) is 25.4. The molecule has 6 nitrogen and oxygen atoms in total. The van der Waals surface area contributed by atoms with E-state index in [-0.39, 0.29) is 19.3 Å². The van der Waals surface area contributed by atoms with Crippen LogP contribution in [0, 0.1) is 34.0 Å². The van der Waals surface area contributed by atoms with Gasteiger partial charge in [-0.2, -0.15) is 15.8 Å². The molecule has 0 N–H and O–H groups in total. The molecule has 0 saturated carbocycles. The van der Waals surface area contributed by atoms with E-state index < -0.39 is 0 Å². The summed E-state index contributed by atoms with van der Waals surface area (Å²) in [6.07, 6.45) is 0.165. The van der Waals surface area contributed by atoms with Gasteiger partial charge in [-0.25, -0.2) is 15.0 Å². The second-order valence-electron chi connectivity index (χ2n) is 2.59. The minimum Gasteiger partial charge on any atom is -0.216 e. The fraction of sp³-hybridized carbons (Fsp3) is 0.333. The van der Waals surface area contributed by atoms with Crippen LogP contribution in [0.15, 0.2) is 0 Å². The van der Waals surface area contributed by atoms with Crippen LogP contribution in [0.25, 0.3) is 0 Å². The van der Waals surface area contributed by atoms with E-state index in [0.717, 1.165) is 0 Å². The Hall–Kier alpha value is -2.52. The van der Waals surface area contributed by atoms with Gasteiger partial charge in [-0.05, 0) is 0 Å². The van der Waals surface area contributed by atoms with Gasteiger partial charge in [0.25, 0.3) is 0 Å². The highest BCUT2D eigenvalue weighted by Gasteiger charge is 2.05. The minimum absolute atomic E-state index is 0.0549. The summed E-state index contributed by atoms with van der Waals surface area (Å²) in [4.78, 5) is 11.8. The molecular formula is C9H6N6. The largest absolute Gasteiger partial charge is 0.216 e. The maximum Gasteiger partial charge on any atom is 0.146 e. The van der Waals surface area contributed by atoms with Crippen molar-refractivity contribution in [2.75, 3.05) is 0 Å². The van der Waals surface area contributed by atoms with Gasteiger partial charge in [-0.3, -0.25) is 0 Å². The Labute approximate surface area is 86.5 Å².